The average molecular weight is 279 g/mol. The van der Waals surface area contributed by atoms with Crippen molar-refractivity contribution < 1.29 is 4.79 Å². The highest BCUT2D eigenvalue weighted by molar-refractivity contribution is 6.36. The zero-order chi connectivity index (χ0) is 14.8. The summed E-state index contributed by atoms with van der Waals surface area (Å²) in [5.41, 5.74) is 10.6. The van der Waals surface area contributed by atoms with Gasteiger partial charge in [-0.3, -0.25) is 4.79 Å². The fourth-order valence-corrected chi connectivity index (χ4v) is 2.55. The van der Waals surface area contributed by atoms with Gasteiger partial charge in [0.15, 0.2) is 0 Å². The molecule has 0 unspecified atom stereocenters. The Bertz CT molecular complexity index is 720. The van der Waals surface area contributed by atoms with E-state index in [1.807, 2.05) is 49.4 Å². The lowest BCUT2D eigenvalue weighted by Gasteiger charge is -2.13. The molecule has 0 spiro atoms. The Hall–Kier alpha value is -2.75. The number of fused-ring (bicyclic) bond motifs is 1. The van der Waals surface area contributed by atoms with E-state index in [1.54, 1.807) is 6.07 Å². The molecule has 1 heterocycles. The van der Waals surface area contributed by atoms with Crippen LogP contribution in [0.15, 0.2) is 48.5 Å². The standard InChI is InChI=1S/C17H17N3O/c1-2-19-16(11-6-4-3-5-7-11)15-13-10-12(18)8-9-14(13)20-17(15)21/h3-10,19H,2,18H2,1H3,(H,20,21)/b16-15-. The monoisotopic (exact) mass is 279 g/mol. The molecule has 2 aromatic rings. The summed E-state index contributed by atoms with van der Waals surface area (Å²) in [4.78, 5) is 12.4. The number of anilines is 2. The minimum absolute atomic E-state index is 0.101. The average Bonchev–Trinajstić information content (AvgIpc) is 2.81. The van der Waals surface area contributed by atoms with Crippen molar-refractivity contribution in [2.24, 2.45) is 0 Å². The van der Waals surface area contributed by atoms with Crippen molar-refractivity contribution in [2.45, 2.75) is 6.92 Å². The van der Waals surface area contributed by atoms with E-state index in [-0.39, 0.29) is 5.91 Å². The molecular formula is C17H17N3O. The molecule has 0 aromatic heterocycles. The number of hydrogen-bond donors (Lipinski definition) is 3. The second-order valence-electron chi connectivity index (χ2n) is 4.91. The predicted molar refractivity (Wildman–Crippen MR) is 86.4 cm³/mol. The first-order chi connectivity index (χ1) is 10.2. The Balaban J connectivity index is 2.23. The number of amides is 1. The number of hydrogen-bond acceptors (Lipinski definition) is 3. The molecule has 4 nitrogen and oxygen atoms in total. The molecule has 0 saturated heterocycles. The number of nitrogens with one attached hydrogen (secondary N) is 2. The van der Waals surface area contributed by atoms with Gasteiger partial charge in [0.2, 0.25) is 0 Å². The van der Waals surface area contributed by atoms with Gasteiger partial charge in [-0.2, -0.15) is 0 Å². The van der Waals surface area contributed by atoms with Crippen LogP contribution in [0.5, 0.6) is 0 Å². The Morgan fingerprint density at radius 2 is 1.95 bits per heavy atom. The lowest BCUT2D eigenvalue weighted by molar-refractivity contribution is -0.110. The number of nitrogens with two attached hydrogens (primary N) is 1. The highest BCUT2D eigenvalue weighted by Gasteiger charge is 2.28. The first kappa shape index (κ1) is 13.2. The summed E-state index contributed by atoms with van der Waals surface area (Å²) in [5.74, 6) is -0.101. The molecule has 0 saturated carbocycles. The van der Waals surface area contributed by atoms with Crippen LogP contribution in [-0.4, -0.2) is 12.5 Å². The van der Waals surface area contributed by atoms with Crippen molar-refractivity contribution >= 4 is 28.6 Å². The van der Waals surface area contributed by atoms with Gasteiger partial charge in [0.25, 0.3) is 5.91 Å². The second-order valence-corrected chi connectivity index (χ2v) is 4.91. The number of benzene rings is 2. The van der Waals surface area contributed by atoms with E-state index in [4.69, 9.17) is 5.73 Å². The zero-order valence-electron chi connectivity index (χ0n) is 11.8. The highest BCUT2D eigenvalue weighted by atomic mass is 16.2. The van der Waals surface area contributed by atoms with Crippen LogP contribution in [0, 0.1) is 0 Å². The second kappa shape index (κ2) is 5.32. The van der Waals surface area contributed by atoms with Crippen molar-refractivity contribution in [3.8, 4) is 0 Å². The first-order valence-electron chi connectivity index (χ1n) is 6.95. The summed E-state index contributed by atoms with van der Waals surface area (Å²) in [6.07, 6.45) is 0. The maximum atomic E-state index is 12.4. The van der Waals surface area contributed by atoms with Crippen LogP contribution >= 0.6 is 0 Å². The smallest absolute Gasteiger partial charge is 0.258 e. The van der Waals surface area contributed by atoms with E-state index < -0.39 is 0 Å². The van der Waals surface area contributed by atoms with Gasteiger partial charge < -0.3 is 16.4 Å². The van der Waals surface area contributed by atoms with Crippen LogP contribution in [0.2, 0.25) is 0 Å². The molecule has 21 heavy (non-hydrogen) atoms. The topological polar surface area (TPSA) is 67.2 Å². The first-order valence-corrected chi connectivity index (χ1v) is 6.95. The Kier molecular flexibility index (Phi) is 3.36. The molecule has 4 N–H and O–H groups in total. The van der Waals surface area contributed by atoms with Gasteiger partial charge in [0.05, 0.1) is 11.3 Å². The third-order valence-electron chi connectivity index (χ3n) is 3.45. The van der Waals surface area contributed by atoms with Gasteiger partial charge in [-0.1, -0.05) is 30.3 Å². The number of nitrogen functional groups attached to an aromatic ring is 1. The largest absolute Gasteiger partial charge is 0.399 e. The molecule has 0 fully saturated rings. The van der Waals surface area contributed by atoms with Gasteiger partial charge in [0.1, 0.15) is 0 Å². The van der Waals surface area contributed by atoms with E-state index in [1.165, 1.54) is 0 Å². The van der Waals surface area contributed by atoms with Crippen molar-refractivity contribution in [2.75, 3.05) is 17.6 Å². The highest BCUT2D eigenvalue weighted by Crippen LogP contribution is 2.37. The summed E-state index contributed by atoms with van der Waals surface area (Å²) in [7, 11) is 0. The van der Waals surface area contributed by atoms with Crippen molar-refractivity contribution in [1.29, 1.82) is 0 Å². The molecule has 3 rings (SSSR count). The number of rotatable bonds is 3. The number of carbonyl (C=O) groups is 1. The Labute approximate surface area is 123 Å². The van der Waals surface area contributed by atoms with Crippen molar-refractivity contribution in [3.63, 3.8) is 0 Å². The maximum Gasteiger partial charge on any atom is 0.258 e. The molecule has 1 amide bonds. The van der Waals surface area contributed by atoms with Crippen LogP contribution in [0.25, 0.3) is 11.3 Å². The van der Waals surface area contributed by atoms with E-state index in [0.717, 1.165) is 29.1 Å². The molecule has 2 aromatic carbocycles. The summed E-state index contributed by atoms with van der Waals surface area (Å²) in [6.45, 7) is 2.75. The van der Waals surface area contributed by atoms with E-state index in [2.05, 4.69) is 10.6 Å². The minimum atomic E-state index is -0.101. The third kappa shape index (κ3) is 2.36. The van der Waals surface area contributed by atoms with Crippen LogP contribution < -0.4 is 16.4 Å². The predicted octanol–water partition coefficient (Wildman–Crippen LogP) is 2.70. The van der Waals surface area contributed by atoms with Gasteiger partial charge in [-0.15, -0.1) is 0 Å². The van der Waals surface area contributed by atoms with E-state index in [0.29, 0.717) is 11.3 Å². The van der Waals surface area contributed by atoms with Crippen molar-refractivity contribution in [3.05, 3.63) is 59.7 Å². The van der Waals surface area contributed by atoms with E-state index >= 15 is 0 Å². The SMILES string of the molecule is CCN/C(=C1\C(=O)Nc2ccc(N)cc21)c1ccccc1. The molecule has 1 aliphatic rings. The lowest BCUT2D eigenvalue weighted by atomic mass is 10.00. The minimum Gasteiger partial charge on any atom is -0.399 e. The molecule has 0 bridgehead atoms. The van der Waals surface area contributed by atoms with Gasteiger partial charge in [0, 0.05) is 23.5 Å². The Morgan fingerprint density at radius 1 is 1.19 bits per heavy atom. The summed E-state index contributed by atoms with van der Waals surface area (Å²) in [6, 6.07) is 15.3. The number of carbonyl (C=O) groups excluding carboxylic acids is 1. The van der Waals surface area contributed by atoms with Gasteiger partial charge >= 0.3 is 0 Å². The zero-order valence-corrected chi connectivity index (χ0v) is 11.8. The molecule has 0 radical (unpaired) electrons. The quantitative estimate of drug-likeness (QED) is 0.598. The van der Waals surface area contributed by atoms with Gasteiger partial charge in [-0.05, 0) is 30.7 Å². The van der Waals surface area contributed by atoms with Crippen LogP contribution in [0.3, 0.4) is 0 Å². The van der Waals surface area contributed by atoms with Crippen LogP contribution in [0.4, 0.5) is 11.4 Å². The Morgan fingerprint density at radius 3 is 2.67 bits per heavy atom. The van der Waals surface area contributed by atoms with Gasteiger partial charge in [-0.25, -0.2) is 0 Å². The fraction of sp³-hybridized carbons (Fsp3) is 0.118. The van der Waals surface area contributed by atoms with Crippen LogP contribution in [0.1, 0.15) is 18.1 Å². The molecule has 0 atom stereocenters. The molecule has 0 aliphatic carbocycles. The molecule has 1 aliphatic heterocycles. The lowest BCUT2D eigenvalue weighted by Crippen LogP contribution is -2.16. The summed E-state index contributed by atoms with van der Waals surface area (Å²) in [5, 5.41) is 6.20. The fourth-order valence-electron chi connectivity index (χ4n) is 2.55. The third-order valence-corrected chi connectivity index (χ3v) is 3.45. The summed E-state index contributed by atoms with van der Waals surface area (Å²) < 4.78 is 0. The normalized spacial score (nSPS) is 15.4. The maximum absolute atomic E-state index is 12.4. The molecular weight excluding hydrogens is 262 g/mol. The van der Waals surface area contributed by atoms with Crippen LogP contribution in [-0.2, 0) is 4.79 Å². The molecule has 106 valence electrons. The van der Waals surface area contributed by atoms with E-state index in [9.17, 15) is 4.79 Å². The van der Waals surface area contributed by atoms with Crippen molar-refractivity contribution in [1.82, 2.24) is 5.32 Å². The molecule has 4 heteroatoms. The summed E-state index contributed by atoms with van der Waals surface area (Å²) >= 11 is 0.